The monoisotopic (exact) mass is 521 g/mol. The van der Waals surface area contributed by atoms with E-state index in [0.29, 0.717) is 30.9 Å². The molecule has 3 aromatic rings. The zero-order chi connectivity index (χ0) is 24.3. The summed E-state index contributed by atoms with van der Waals surface area (Å²) in [5.41, 5.74) is 2.82. The van der Waals surface area contributed by atoms with Gasteiger partial charge in [0.1, 0.15) is 0 Å². The molecule has 0 fully saturated rings. The van der Waals surface area contributed by atoms with Crippen LogP contribution in [0.15, 0.2) is 88.5 Å². The minimum absolute atomic E-state index is 0.114. The van der Waals surface area contributed by atoms with Crippen LogP contribution in [0.4, 0.5) is 5.69 Å². The van der Waals surface area contributed by atoms with E-state index in [2.05, 4.69) is 21.1 Å². The number of amides is 2. The highest BCUT2D eigenvalue weighted by molar-refractivity contribution is 9.10. The van der Waals surface area contributed by atoms with E-state index in [1.807, 2.05) is 80.6 Å². The van der Waals surface area contributed by atoms with Crippen LogP contribution in [0.5, 0.6) is 0 Å². The fourth-order valence-electron chi connectivity index (χ4n) is 3.46. The van der Waals surface area contributed by atoms with Crippen LogP contribution in [-0.4, -0.2) is 42.6 Å². The molecular formula is C27H28BrN3O3. The quantitative estimate of drug-likeness (QED) is 0.261. The van der Waals surface area contributed by atoms with E-state index in [1.165, 1.54) is 0 Å². The van der Waals surface area contributed by atoms with E-state index in [0.717, 1.165) is 15.6 Å². The second-order valence-corrected chi connectivity index (χ2v) is 8.44. The van der Waals surface area contributed by atoms with Crippen molar-refractivity contribution >= 4 is 39.6 Å². The first-order valence-corrected chi connectivity index (χ1v) is 12.0. The molecule has 0 N–H and O–H groups in total. The fraction of sp³-hybridized carbons (Fsp3) is 0.222. The molecule has 7 heteroatoms. The van der Waals surface area contributed by atoms with Crippen LogP contribution < -0.4 is 4.90 Å². The minimum Gasteiger partial charge on any atom is -0.386 e. The zero-order valence-corrected chi connectivity index (χ0v) is 20.9. The van der Waals surface area contributed by atoms with Gasteiger partial charge in [-0.05, 0) is 49.2 Å². The van der Waals surface area contributed by atoms with Gasteiger partial charge in [0.25, 0.3) is 11.8 Å². The summed E-state index contributed by atoms with van der Waals surface area (Å²) in [6, 6.07) is 24.4. The third-order valence-electron chi connectivity index (χ3n) is 5.29. The van der Waals surface area contributed by atoms with Crippen LogP contribution >= 0.6 is 15.9 Å². The molecule has 0 saturated heterocycles. The predicted molar refractivity (Wildman–Crippen MR) is 139 cm³/mol. The number of hydrogen-bond donors (Lipinski definition) is 0. The molecule has 0 aromatic heterocycles. The van der Waals surface area contributed by atoms with Gasteiger partial charge < -0.3 is 14.6 Å². The molecule has 0 spiro atoms. The molecule has 0 heterocycles. The third-order valence-corrected chi connectivity index (χ3v) is 5.82. The summed E-state index contributed by atoms with van der Waals surface area (Å²) in [5, 5.41) is 3.93. The van der Waals surface area contributed by atoms with Crippen molar-refractivity contribution in [3.63, 3.8) is 0 Å². The van der Waals surface area contributed by atoms with Gasteiger partial charge in [-0.3, -0.25) is 9.59 Å². The number of halogens is 1. The highest BCUT2D eigenvalue weighted by Gasteiger charge is 2.24. The Bertz CT molecular complexity index is 1110. The van der Waals surface area contributed by atoms with Crippen molar-refractivity contribution in [1.82, 2.24) is 4.90 Å². The molecule has 34 heavy (non-hydrogen) atoms. The molecule has 2 amide bonds. The second kappa shape index (κ2) is 12.7. The van der Waals surface area contributed by atoms with Crippen molar-refractivity contribution in [1.29, 1.82) is 0 Å². The number of oxime groups is 1. The molecule has 0 aliphatic rings. The maximum Gasteiger partial charge on any atom is 0.268 e. The van der Waals surface area contributed by atoms with E-state index < -0.39 is 0 Å². The predicted octanol–water partition coefficient (Wildman–Crippen LogP) is 5.52. The first-order chi connectivity index (χ1) is 16.5. The Hall–Kier alpha value is -3.45. The maximum absolute atomic E-state index is 13.3. The topological polar surface area (TPSA) is 62.2 Å². The molecule has 0 atom stereocenters. The van der Waals surface area contributed by atoms with Crippen molar-refractivity contribution in [2.45, 2.75) is 20.4 Å². The van der Waals surface area contributed by atoms with Crippen LogP contribution in [0.25, 0.3) is 0 Å². The summed E-state index contributed by atoms with van der Waals surface area (Å²) >= 11 is 3.44. The normalized spacial score (nSPS) is 10.8. The molecule has 0 bridgehead atoms. The Morgan fingerprint density at radius 2 is 1.56 bits per heavy atom. The molecule has 0 radical (unpaired) electrons. The smallest absolute Gasteiger partial charge is 0.268 e. The molecule has 176 valence electrons. The van der Waals surface area contributed by atoms with Crippen LogP contribution in [0.3, 0.4) is 0 Å². The number of rotatable bonds is 10. The number of anilines is 1. The standard InChI is InChI=1S/C27H28BrN3O3/c1-3-30(4-2)27(33)24-12-8-9-13-25(24)31(19-22-14-16-23(28)17-15-22)26(32)20-34-29-18-21-10-6-5-7-11-21/h5-18H,3-4,19-20H2,1-2H3. The van der Waals surface area contributed by atoms with Gasteiger partial charge in [-0.15, -0.1) is 0 Å². The van der Waals surface area contributed by atoms with Crippen LogP contribution in [0.1, 0.15) is 35.3 Å². The Morgan fingerprint density at radius 3 is 2.24 bits per heavy atom. The Kier molecular flexibility index (Phi) is 9.40. The molecule has 3 aromatic carbocycles. The van der Waals surface area contributed by atoms with E-state index in [1.54, 1.807) is 28.1 Å². The zero-order valence-electron chi connectivity index (χ0n) is 19.4. The average molecular weight is 522 g/mol. The third kappa shape index (κ3) is 6.78. The number of benzene rings is 3. The Balaban J connectivity index is 1.86. The van der Waals surface area contributed by atoms with Crippen LogP contribution in [0, 0.1) is 0 Å². The summed E-state index contributed by atoms with van der Waals surface area (Å²) in [6.45, 7) is 5.08. The largest absolute Gasteiger partial charge is 0.386 e. The van der Waals surface area contributed by atoms with E-state index in [4.69, 9.17) is 4.84 Å². The summed E-state index contributed by atoms with van der Waals surface area (Å²) < 4.78 is 0.949. The van der Waals surface area contributed by atoms with Crippen molar-refractivity contribution in [3.05, 3.63) is 100 Å². The van der Waals surface area contributed by atoms with Gasteiger partial charge in [0.05, 0.1) is 24.0 Å². The Morgan fingerprint density at radius 1 is 0.912 bits per heavy atom. The lowest BCUT2D eigenvalue weighted by Gasteiger charge is -2.27. The van der Waals surface area contributed by atoms with Crippen molar-refractivity contribution in [2.75, 3.05) is 24.6 Å². The summed E-state index contributed by atoms with van der Waals surface area (Å²) in [6.07, 6.45) is 1.56. The van der Waals surface area contributed by atoms with Gasteiger partial charge in [0.15, 0.2) is 6.61 Å². The molecule has 6 nitrogen and oxygen atoms in total. The lowest BCUT2D eigenvalue weighted by molar-refractivity contribution is -0.123. The van der Waals surface area contributed by atoms with Crippen molar-refractivity contribution in [2.24, 2.45) is 5.16 Å². The molecule has 0 unspecified atom stereocenters. The lowest BCUT2D eigenvalue weighted by Crippen LogP contribution is -2.36. The molecule has 0 aliphatic heterocycles. The van der Waals surface area contributed by atoms with Gasteiger partial charge in [-0.2, -0.15) is 0 Å². The van der Waals surface area contributed by atoms with Gasteiger partial charge >= 0.3 is 0 Å². The number of hydrogen-bond acceptors (Lipinski definition) is 4. The van der Waals surface area contributed by atoms with Gasteiger partial charge in [0.2, 0.25) is 0 Å². The number of para-hydroxylation sites is 1. The number of nitrogens with zero attached hydrogens (tertiary/aromatic N) is 3. The average Bonchev–Trinajstić information content (AvgIpc) is 2.87. The van der Waals surface area contributed by atoms with Gasteiger partial charge in [0, 0.05) is 17.6 Å². The highest BCUT2D eigenvalue weighted by Crippen LogP contribution is 2.25. The number of carbonyl (C=O) groups is 2. The molecular weight excluding hydrogens is 494 g/mol. The number of carbonyl (C=O) groups excluding carboxylic acids is 2. The second-order valence-electron chi connectivity index (χ2n) is 7.52. The lowest BCUT2D eigenvalue weighted by atomic mass is 10.1. The van der Waals surface area contributed by atoms with E-state index >= 15 is 0 Å². The summed E-state index contributed by atoms with van der Waals surface area (Å²) in [4.78, 5) is 35.1. The van der Waals surface area contributed by atoms with E-state index in [9.17, 15) is 9.59 Å². The van der Waals surface area contributed by atoms with E-state index in [-0.39, 0.29) is 18.4 Å². The Labute approximate surface area is 209 Å². The maximum atomic E-state index is 13.3. The first-order valence-electron chi connectivity index (χ1n) is 11.2. The van der Waals surface area contributed by atoms with Crippen LogP contribution in [-0.2, 0) is 16.2 Å². The SMILES string of the molecule is CCN(CC)C(=O)c1ccccc1N(Cc1ccc(Br)cc1)C(=O)CON=Cc1ccccc1. The highest BCUT2D eigenvalue weighted by atomic mass is 79.9. The molecule has 3 rings (SSSR count). The van der Waals surface area contributed by atoms with Crippen LogP contribution in [0.2, 0.25) is 0 Å². The van der Waals surface area contributed by atoms with Crippen molar-refractivity contribution < 1.29 is 14.4 Å². The molecule has 0 aliphatic carbocycles. The van der Waals surface area contributed by atoms with Crippen molar-refractivity contribution in [3.8, 4) is 0 Å². The summed E-state index contributed by atoms with van der Waals surface area (Å²) in [5.74, 6) is -0.412. The van der Waals surface area contributed by atoms with Gasteiger partial charge in [-0.25, -0.2) is 0 Å². The first kappa shape index (κ1) is 25.2. The fourth-order valence-corrected chi connectivity index (χ4v) is 3.72. The van der Waals surface area contributed by atoms with Gasteiger partial charge in [-0.1, -0.05) is 75.7 Å². The minimum atomic E-state index is -0.298. The summed E-state index contributed by atoms with van der Waals surface area (Å²) in [7, 11) is 0. The molecule has 0 saturated carbocycles.